The summed E-state index contributed by atoms with van der Waals surface area (Å²) in [6, 6.07) is 16.2. The van der Waals surface area contributed by atoms with Crippen molar-refractivity contribution in [1.29, 1.82) is 5.26 Å². The first-order valence-electron chi connectivity index (χ1n) is 12.6. The molecule has 2 aromatic carbocycles. The molecule has 6 heteroatoms. The van der Waals surface area contributed by atoms with Gasteiger partial charge in [0.1, 0.15) is 31.1 Å². The van der Waals surface area contributed by atoms with Gasteiger partial charge in [-0.05, 0) is 67.9 Å². The summed E-state index contributed by atoms with van der Waals surface area (Å²) in [5, 5.41) is 20.1. The van der Waals surface area contributed by atoms with E-state index in [0.717, 1.165) is 31.4 Å². The van der Waals surface area contributed by atoms with Gasteiger partial charge in [-0.1, -0.05) is 30.3 Å². The second-order valence-corrected chi connectivity index (χ2v) is 10.6. The van der Waals surface area contributed by atoms with Gasteiger partial charge >= 0.3 is 5.97 Å². The highest BCUT2D eigenvalue weighted by atomic mass is 16.5. The Labute approximate surface area is 209 Å². The van der Waals surface area contributed by atoms with E-state index in [0.29, 0.717) is 34.7 Å². The van der Waals surface area contributed by atoms with E-state index in [1.807, 2.05) is 19.9 Å². The van der Waals surface area contributed by atoms with Gasteiger partial charge in [0.15, 0.2) is 0 Å². The van der Waals surface area contributed by atoms with Gasteiger partial charge in [0.05, 0.1) is 32.3 Å². The molecule has 0 amide bonds. The van der Waals surface area contributed by atoms with E-state index < -0.39 is 6.10 Å². The van der Waals surface area contributed by atoms with Crippen LogP contribution < -0.4 is 4.74 Å². The smallest absolute Gasteiger partial charge is 0.306 e. The monoisotopic (exact) mass is 479 g/mol. The third-order valence-electron chi connectivity index (χ3n) is 6.57. The summed E-state index contributed by atoms with van der Waals surface area (Å²) >= 11 is 0. The minimum atomic E-state index is -0.651. The van der Waals surface area contributed by atoms with Crippen LogP contribution in [-0.2, 0) is 28.8 Å². The number of carbonyl (C=O) groups is 1. The van der Waals surface area contributed by atoms with Crippen LogP contribution in [0.2, 0.25) is 0 Å². The Morgan fingerprint density at radius 3 is 2.49 bits per heavy atom. The average Bonchev–Trinajstić information content (AvgIpc) is 3.23. The van der Waals surface area contributed by atoms with E-state index in [4.69, 9.17) is 9.47 Å². The molecular formula is C29H39N2O4+. The maximum Gasteiger partial charge on any atom is 0.306 e. The summed E-state index contributed by atoms with van der Waals surface area (Å²) in [5.74, 6) is 0.857. The van der Waals surface area contributed by atoms with Crippen molar-refractivity contribution in [3.63, 3.8) is 0 Å². The standard InChI is InChI=1S/C29H39N2O4/c1-21(2)35-29(33)12-10-22-9-11-26(18-30)28(17-22)34-20-27(32)19-31(3,4)14-13-23-15-24-7-5-6-8-25(24)16-23/h5-9,11,17,21,23,27,32H,10,12-16,19-20H2,1-4H3/q+1/t27-/m1/s1. The van der Waals surface area contributed by atoms with Crippen molar-refractivity contribution in [2.45, 2.75) is 58.2 Å². The molecule has 0 fully saturated rings. The third kappa shape index (κ3) is 8.38. The predicted octanol–water partition coefficient (Wildman–Crippen LogP) is 4.06. The Kier molecular flexibility index (Phi) is 9.31. The van der Waals surface area contributed by atoms with Crippen LogP contribution in [0.25, 0.3) is 0 Å². The zero-order valence-corrected chi connectivity index (χ0v) is 21.5. The minimum Gasteiger partial charge on any atom is -0.489 e. The number of nitrogens with zero attached hydrogens (tertiary/aromatic N) is 2. The zero-order chi connectivity index (χ0) is 25.4. The fraction of sp³-hybridized carbons (Fsp3) is 0.517. The molecule has 2 aromatic rings. The molecule has 6 nitrogen and oxygen atoms in total. The van der Waals surface area contributed by atoms with Crippen molar-refractivity contribution in [2.24, 2.45) is 5.92 Å². The van der Waals surface area contributed by atoms with Gasteiger partial charge in [0.2, 0.25) is 0 Å². The zero-order valence-electron chi connectivity index (χ0n) is 21.5. The minimum absolute atomic E-state index is 0.115. The fourth-order valence-electron chi connectivity index (χ4n) is 4.79. The maximum atomic E-state index is 11.8. The second-order valence-electron chi connectivity index (χ2n) is 10.6. The molecule has 0 saturated heterocycles. The normalized spacial score (nSPS) is 14.4. The number of likely N-dealkylation sites (N-methyl/N-ethyl adjacent to an activating group) is 1. The lowest BCUT2D eigenvalue weighted by Gasteiger charge is -2.32. The van der Waals surface area contributed by atoms with Gasteiger partial charge < -0.3 is 19.1 Å². The molecule has 0 heterocycles. The van der Waals surface area contributed by atoms with Gasteiger partial charge in [0.25, 0.3) is 0 Å². The summed E-state index contributed by atoms with van der Waals surface area (Å²) in [4.78, 5) is 11.8. The molecule has 0 aliphatic heterocycles. The van der Waals surface area contributed by atoms with Gasteiger partial charge in [-0.2, -0.15) is 5.26 Å². The van der Waals surface area contributed by atoms with Crippen molar-refractivity contribution in [1.82, 2.24) is 0 Å². The molecule has 0 spiro atoms. The third-order valence-corrected chi connectivity index (χ3v) is 6.57. The maximum absolute atomic E-state index is 11.8. The number of benzene rings is 2. The number of hydrogen-bond acceptors (Lipinski definition) is 5. The number of aryl methyl sites for hydroxylation is 1. The molecular weight excluding hydrogens is 440 g/mol. The second kappa shape index (κ2) is 12.2. The molecule has 3 rings (SSSR count). The van der Waals surface area contributed by atoms with Crippen molar-refractivity contribution in [2.75, 3.05) is 33.8 Å². The first kappa shape index (κ1) is 26.7. The highest BCUT2D eigenvalue weighted by Crippen LogP contribution is 2.29. The van der Waals surface area contributed by atoms with Crippen molar-refractivity contribution >= 4 is 5.97 Å². The van der Waals surface area contributed by atoms with Crippen LogP contribution in [0.4, 0.5) is 0 Å². The molecule has 1 atom stereocenters. The number of nitriles is 1. The lowest BCUT2D eigenvalue weighted by atomic mass is 10.0. The van der Waals surface area contributed by atoms with Crippen LogP contribution in [0, 0.1) is 17.2 Å². The number of quaternary nitrogens is 1. The molecule has 188 valence electrons. The van der Waals surface area contributed by atoms with E-state index in [2.05, 4.69) is 44.4 Å². The molecule has 1 aliphatic carbocycles. The Morgan fingerprint density at radius 1 is 1.17 bits per heavy atom. The number of ether oxygens (including phenoxy) is 2. The summed E-state index contributed by atoms with van der Waals surface area (Å²) < 4.78 is 11.8. The average molecular weight is 480 g/mol. The van der Waals surface area contributed by atoms with Gasteiger partial charge in [0, 0.05) is 12.8 Å². The van der Waals surface area contributed by atoms with E-state index in [1.165, 1.54) is 11.1 Å². The van der Waals surface area contributed by atoms with Crippen LogP contribution >= 0.6 is 0 Å². The van der Waals surface area contributed by atoms with E-state index in [9.17, 15) is 15.2 Å². The van der Waals surface area contributed by atoms with Crippen LogP contribution in [0.1, 0.15) is 48.9 Å². The summed E-state index contributed by atoms with van der Waals surface area (Å²) in [5.41, 5.74) is 4.26. The highest BCUT2D eigenvalue weighted by molar-refractivity contribution is 5.70. The van der Waals surface area contributed by atoms with E-state index in [-0.39, 0.29) is 25.1 Å². The highest BCUT2D eigenvalue weighted by Gasteiger charge is 2.26. The number of aliphatic hydroxyl groups excluding tert-OH is 1. The van der Waals surface area contributed by atoms with Crippen molar-refractivity contribution in [3.05, 3.63) is 64.7 Å². The summed E-state index contributed by atoms with van der Waals surface area (Å²) in [6.45, 7) is 5.32. The molecule has 0 aromatic heterocycles. The lowest BCUT2D eigenvalue weighted by molar-refractivity contribution is -0.894. The quantitative estimate of drug-likeness (QED) is 0.367. The Bertz CT molecular complexity index is 1020. The first-order valence-corrected chi connectivity index (χ1v) is 12.6. The number of rotatable bonds is 12. The first-order chi connectivity index (χ1) is 16.6. The Hall–Kier alpha value is -2.88. The fourth-order valence-corrected chi connectivity index (χ4v) is 4.79. The van der Waals surface area contributed by atoms with E-state index in [1.54, 1.807) is 12.1 Å². The molecule has 0 bridgehead atoms. The number of esters is 1. The van der Waals surface area contributed by atoms with Crippen LogP contribution in [0.5, 0.6) is 5.75 Å². The predicted molar refractivity (Wildman–Crippen MR) is 136 cm³/mol. The van der Waals surface area contributed by atoms with Crippen LogP contribution in [0.15, 0.2) is 42.5 Å². The summed E-state index contributed by atoms with van der Waals surface area (Å²) in [6.07, 6.45) is 3.39. The topological polar surface area (TPSA) is 79.6 Å². The van der Waals surface area contributed by atoms with E-state index >= 15 is 0 Å². The Morgan fingerprint density at radius 2 is 1.86 bits per heavy atom. The molecule has 0 radical (unpaired) electrons. The van der Waals surface area contributed by atoms with Gasteiger partial charge in [-0.15, -0.1) is 0 Å². The number of aliphatic hydroxyl groups is 1. The van der Waals surface area contributed by atoms with Crippen molar-refractivity contribution in [3.8, 4) is 11.8 Å². The number of carbonyl (C=O) groups excluding carboxylic acids is 1. The van der Waals surface area contributed by atoms with Crippen LogP contribution in [-0.4, -0.2) is 61.6 Å². The SMILES string of the molecule is CC(C)OC(=O)CCc1ccc(C#N)c(OC[C@H](O)C[N+](C)(C)CCC2Cc3ccccc3C2)c1. The molecule has 1 N–H and O–H groups in total. The largest absolute Gasteiger partial charge is 0.489 e. The molecule has 35 heavy (non-hydrogen) atoms. The number of fused-ring (bicyclic) bond motifs is 1. The lowest BCUT2D eigenvalue weighted by Crippen LogP contribution is -2.48. The number of hydrogen-bond donors (Lipinski definition) is 1. The van der Waals surface area contributed by atoms with Crippen molar-refractivity contribution < 1.29 is 23.9 Å². The molecule has 1 aliphatic rings. The van der Waals surface area contributed by atoms with Gasteiger partial charge in [-0.25, -0.2) is 0 Å². The molecule has 0 unspecified atom stereocenters. The molecule has 0 saturated carbocycles. The van der Waals surface area contributed by atoms with Crippen LogP contribution in [0.3, 0.4) is 0 Å². The van der Waals surface area contributed by atoms with Gasteiger partial charge in [-0.3, -0.25) is 4.79 Å². The Balaban J connectivity index is 1.47. The summed E-state index contributed by atoms with van der Waals surface area (Å²) in [7, 11) is 4.28.